The normalized spacial score (nSPS) is 22.7. The van der Waals surface area contributed by atoms with Crippen LogP contribution in [0.3, 0.4) is 0 Å². The van der Waals surface area contributed by atoms with E-state index in [2.05, 4.69) is 17.4 Å². The van der Waals surface area contributed by atoms with Gasteiger partial charge in [0, 0.05) is 6.42 Å². The van der Waals surface area contributed by atoms with Crippen LogP contribution in [0.15, 0.2) is 30.3 Å². The Morgan fingerprint density at radius 2 is 1.87 bits per heavy atom. The molecule has 1 N–H and O–H groups in total. The summed E-state index contributed by atoms with van der Waals surface area (Å²) in [5.74, 6) is 0.198. The minimum Gasteiger partial charge on any atom is -0.349 e. The van der Waals surface area contributed by atoms with E-state index < -0.39 is 0 Å². The fraction of sp³-hybridized carbons (Fsp3) is 0.462. The lowest BCUT2D eigenvalue weighted by molar-refractivity contribution is -0.122. The molecule has 0 bridgehead atoms. The van der Waals surface area contributed by atoms with Gasteiger partial charge in [-0.1, -0.05) is 43.2 Å². The van der Waals surface area contributed by atoms with Gasteiger partial charge in [-0.3, -0.25) is 4.79 Å². The van der Waals surface area contributed by atoms with E-state index >= 15 is 0 Å². The van der Waals surface area contributed by atoms with Crippen LogP contribution in [-0.2, 0) is 4.79 Å². The molecular formula is C13H17NO. The van der Waals surface area contributed by atoms with Crippen molar-refractivity contribution in [3.05, 3.63) is 35.9 Å². The highest BCUT2D eigenvalue weighted by Crippen LogP contribution is 2.22. The maximum Gasteiger partial charge on any atom is 0.220 e. The molecule has 1 aromatic rings. The van der Waals surface area contributed by atoms with Crippen molar-refractivity contribution in [1.82, 2.24) is 5.32 Å². The zero-order valence-corrected chi connectivity index (χ0v) is 8.91. The Morgan fingerprint density at radius 3 is 2.67 bits per heavy atom. The van der Waals surface area contributed by atoms with Crippen LogP contribution in [0.2, 0.25) is 0 Å². The van der Waals surface area contributed by atoms with Crippen LogP contribution < -0.4 is 5.32 Å². The minimum absolute atomic E-state index is 0.198. The maximum atomic E-state index is 11.5. The largest absolute Gasteiger partial charge is 0.349 e. The van der Waals surface area contributed by atoms with Crippen molar-refractivity contribution in [3.8, 4) is 0 Å². The molecule has 1 amide bonds. The standard InChI is InChI=1S/C13H17NO/c15-13-10-6-2-5-9-12(14-13)11-7-3-1-4-8-11/h1,3-4,7-8,12H,2,5-6,9-10H2,(H,14,15). The van der Waals surface area contributed by atoms with Gasteiger partial charge in [-0.15, -0.1) is 0 Å². The van der Waals surface area contributed by atoms with Gasteiger partial charge in [0.25, 0.3) is 0 Å². The molecule has 0 saturated carbocycles. The topological polar surface area (TPSA) is 29.1 Å². The van der Waals surface area contributed by atoms with Crippen molar-refractivity contribution in [2.75, 3.05) is 0 Å². The summed E-state index contributed by atoms with van der Waals surface area (Å²) in [4.78, 5) is 11.5. The number of carbonyl (C=O) groups excluding carboxylic acids is 1. The first kappa shape index (κ1) is 10.2. The second-order valence-corrected chi connectivity index (χ2v) is 4.13. The molecule has 1 aliphatic rings. The van der Waals surface area contributed by atoms with Crippen LogP contribution in [0.4, 0.5) is 0 Å². The van der Waals surface area contributed by atoms with Crippen molar-refractivity contribution in [2.24, 2.45) is 0 Å². The number of nitrogens with one attached hydrogen (secondary N) is 1. The second-order valence-electron chi connectivity index (χ2n) is 4.13. The highest BCUT2D eigenvalue weighted by molar-refractivity contribution is 5.76. The van der Waals surface area contributed by atoms with Gasteiger partial charge in [-0.05, 0) is 18.4 Å². The Labute approximate surface area is 90.7 Å². The minimum atomic E-state index is 0.198. The van der Waals surface area contributed by atoms with Gasteiger partial charge in [0.15, 0.2) is 0 Å². The van der Waals surface area contributed by atoms with E-state index in [1.165, 1.54) is 18.4 Å². The van der Waals surface area contributed by atoms with Gasteiger partial charge < -0.3 is 5.32 Å². The third kappa shape index (κ3) is 2.82. The molecule has 1 fully saturated rings. The number of benzene rings is 1. The number of amides is 1. The van der Waals surface area contributed by atoms with Crippen LogP contribution in [0, 0.1) is 0 Å². The monoisotopic (exact) mass is 203 g/mol. The summed E-state index contributed by atoms with van der Waals surface area (Å²) in [6.07, 6.45) is 5.17. The average Bonchev–Trinajstić information content (AvgIpc) is 2.24. The molecule has 2 rings (SSSR count). The molecule has 1 unspecified atom stereocenters. The first-order chi connectivity index (χ1) is 7.36. The van der Waals surface area contributed by atoms with Crippen LogP contribution >= 0.6 is 0 Å². The lowest BCUT2D eigenvalue weighted by Gasteiger charge is -2.21. The summed E-state index contributed by atoms with van der Waals surface area (Å²) < 4.78 is 0. The highest BCUT2D eigenvalue weighted by Gasteiger charge is 2.16. The molecular weight excluding hydrogens is 186 g/mol. The third-order valence-electron chi connectivity index (χ3n) is 2.93. The van der Waals surface area contributed by atoms with Gasteiger partial charge in [-0.25, -0.2) is 0 Å². The predicted octanol–water partition coefficient (Wildman–Crippen LogP) is 2.81. The Bertz CT molecular complexity index is 321. The summed E-state index contributed by atoms with van der Waals surface area (Å²) in [5.41, 5.74) is 1.23. The molecule has 1 saturated heterocycles. The second kappa shape index (κ2) is 4.96. The van der Waals surface area contributed by atoms with Crippen LogP contribution in [-0.4, -0.2) is 5.91 Å². The lowest BCUT2D eigenvalue weighted by atomic mass is 9.98. The predicted molar refractivity (Wildman–Crippen MR) is 60.4 cm³/mol. The smallest absolute Gasteiger partial charge is 0.220 e. The average molecular weight is 203 g/mol. The first-order valence-electron chi connectivity index (χ1n) is 5.70. The fourth-order valence-electron chi connectivity index (χ4n) is 2.08. The Balaban J connectivity index is 2.09. The molecule has 0 radical (unpaired) electrons. The maximum absolute atomic E-state index is 11.5. The summed E-state index contributed by atoms with van der Waals surface area (Å²) >= 11 is 0. The summed E-state index contributed by atoms with van der Waals surface area (Å²) in [7, 11) is 0. The number of rotatable bonds is 1. The van der Waals surface area contributed by atoms with Crippen molar-refractivity contribution in [1.29, 1.82) is 0 Å². The Hall–Kier alpha value is -1.31. The molecule has 0 spiro atoms. The molecule has 2 heteroatoms. The van der Waals surface area contributed by atoms with E-state index in [4.69, 9.17) is 0 Å². The zero-order chi connectivity index (χ0) is 10.5. The molecule has 1 aliphatic heterocycles. The van der Waals surface area contributed by atoms with Gasteiger partial charge in [-0.2, -0.15) is 0 Å². The van der Waals surface area contributed by atoms with Crippen molar-refractivity contribution < 1.29 is 4.79 Å². The van der Waals surface area contributed by atoms with Gasteiger partial charge >= 0.3 is 0 Å². The quantitative estimate of drug-likeness (QED) is 0.747. The molecule has 15 heavy (non-hydrogen) atoms. The van der Waals surface area contributed by atoms with E-state index in [1.54, 1.807) is 0 Å². The number of hydrogen-bond acceptors (Lipinski definition) is 1. The molecule has 1 aromatic carbocycles. The fourth-order valence-corrected chi connectivity index (χ4v) is 2.08. The van der Waals surface area contributed by atoms with Gasteiger partial charge in [0.2, 0.25) is 5.91 Å². The molecule has 80 valence electrons. The summed E-state index contributed by atoms with van der Waals surface area (Å²) in [6.45, 7) is 0. The molecule has 0 aliphatic carbocycles. The lowest BCUT2D eigenvalue weighted by Crippen LogP contribution is -2.29. The third-order valence-corrected chi connectivity index (χ3v) is 2.93. The van der Waals surface area contributed by atoms with Crippen LogP contribution in [0.5, 0.6) is 0 Å². The molecule has 2 nitrogen and oxygen atoms in total. The Kier molecular flexibility index (Phi) is 3.38. The number of carbonyl (C=O) groups is 1. The van der Waals surface area contributed by atoms with Gasteiger partial charge in [0.05, 0.1) is 6.04 Å². The molecule has 0 aromatic heterocycles. The van der Waals surface area contributed by atoms with Crippen LogP contribution in [0.1, 0.15) is 43.7 Å². The number of hydrogen-bond donors (Lipinski definition) is 1. The van der Waals surface area contributed by atoms with E-state index in [-0.39, 0.29) is 11.9 Å². The molecule has 1 atom stereocenters. The van der Waals surface area contributed by atoms with E-state index in [0.717, 1.165) is 12.8 Å². The zero-order valence-electron chi connectivity index (χ0n) is 8.91. The van der Waals surface area contributed by atoms with Crippen molar-refractivity contribution in [3.63, 3.8) is 0 Å². The SMILES string of the molecule is O=C1CCCCCC(c2ccccc2)N1. The van der Waals surface area contributed by atoms with Crippen molar-refractivity contribution >= 4 is 5.91 Å². The molecule has 1 heterocycles. The Morgan fingerprint density at radius 1 is 1.07 bits per heavy atom. The highest BCUT2D eigenvalue weighted by atomic mass is 16.1. The summed E-state index contributed by atoms with van der Waals surface area (Å²) in [6, 6.07) is 10.5. The van der Waals surface area contributed by atoms with E-state index in [9.17, 15) is 4.79 Å². The van der Waals surface area contributed by atoms with Crippen LogP contribution in [0.25, 0.3) is 0 Å². The van der Waals surface area contributed by atoms with Crippen molar-refractivity contribution in [2.45, 2.75) is 38.1 Å². The first-order valence-corrected chi connectivity index (χ1v) is 5.70. The summed E-state index contributed by atoms with van der Waals surface area (Å²) in [5, 5.41) is 3.10. The van der Waals surface area contributed by atoms with E-state index in [0.29, 0.717) is 6.42 Å². The van der Waals surface area contributed by atoms with Gasteiger partial charge in [0.1, 0.15) is 0 Å². The van der Waals surface area contributed by atoms with E-state index in [1.807, 2.05) is 18.2 Å².